The first-order valence-corrected chi connectivity index (χ1v) is 7.12. The number of para-hydroxylation sites is 1. The number of benzene rings is 1. The van der Waals surface area contributed by atoms with Crippen LogP contribution >= 0.6 is 0 Å². The zero-order chi connectivity index (χ0) is 13.4. The van der Waals surface area contributed by atoms with Crippen molar-refractivity contribution >= 4 is 5.69 Å². The summed E-state index contributed by atoms with van der Waals surface area (Å²) in [5.41, 5.74) is 1.12. The van der Waals surface area contributed by atoms with E-state index in [9.17, 15) is 10.1 Å². The zero-order valence-corrected chi connectivity index (χ0v) is 11.2. The maximum absolute atomic E-state index is 11.1. The van der Waals surface area contributed by atoms with Crippen molar-refractivity contribution in [2.24, 2.45) is 17.8 Å². The van der Waals surface area contributed by atoms with Crippen molar-refractivity contribution in [3.05, 3.63) is 39.9 Å². The van der Waals surface area contributed by atoms with Gasteiger partial charge in [0.15, 0.2) is 0 Å². The smallest absolute Gasteiger partial charge is 0.272 e. The number of fused-ring (bicyclic) bond motifs is 1. The summed E-state index contributed by atoms with van der Waals surface area (Å²) in [7, 11) is 1.98. The van der Waals surface area contributed by atoms with Crippen LogP contribution in [0.4, 0.5) is 5.69 Å². The van der Waals surface area contributed by atoms with Gasteiger partial charge in [-0.25, -0.2) is 0 Å². The van der Waals surface area contributed by atoms with Crippen LogP contribution in [0.1, 0.15) is 24.8 Å². The number of likely N-dealkylation sites (N-methyl/N-ethyl adjacent to an activating group) is 1. The summed E-state index contributed by atoms with van der Waals surface area (Å²) in [5.74, 6) is 2.49. The van der Waals surface area contributed by atoms with Crippen molar-refractivity contribution < 1.29 is 4.92 Å². The quantitative estimate of drug-likeness (QED) is 0.654. The van der Waals surface area contributed by atoms with Crippen molar-refractivity contribution in [1.29, 1.82) is 0 Å². The predicted octanol–water partition coefficient (Wildman–Crippen LogP) is 2.77. The van der Waals surface area contributed by atoms with Gasteiger partial charge in [0.2, 0.25) is 0 Å². The SMILES string of the molecule is CNC(Cc1ccccc1[N+](=O)[O-])C1C2CCCC21. The molecule has 2 aliphatic rings. The topological polar surface area (TPSA) is 55.2 Å². The molecule has 4 heteroatoms. The van der Waals surface area contributed by atoms with Crippen LogP contribution in [-0.4, -0.2) is 18.0 Å². The second kappa shape index (κ2) is 4.93. The molecule has 0 radical (unpaired) electrons. The summed E-state index contributed by atoms with van der Waals surface area (Å²) >= 11 is 0. The predicted molar refractivity (Wildman–Crippen MR) is 74.0 cm³/mol. The molecule has 1 N–H and O–H groups in total. The van der Waals surface area contributed by atoms with Gasteiger partial charge in [0.05, 0.1) is 4.92 Å². The molecule has 2 saturated carbocycles. The van der Waals surface area contributed by atoms with Crippen LogP contribution in [0.2, 0.25) is 0 Å². The molecule has 2 fully saturated rings. The summed E-state index contributed by atoms with van der Waals surface area (Å²) in [5, 5.41) is 14.4. The molecule has 3 rings (SSSR count). The Balaban J connectivity index is 1.75. The third-order valence-corrected chi connectivity index (χ3v) is 4.94. The number of nitrogens with zero attached hydrogens (tertiary/aromatic N) is 1. The first-order valence-electron chi connectivity index (χ1n) is 7.12. The normalized spacial score (nSPS) is 29.8. The molecule has 1 aromatic rings. The Labute approximate surface area is 113 Å². The van der Waals surface area contributed by atoms with Gasteiger partial charge in [-0.1, -0.05) is 24.6 Å². The van der Waals surface area contributed by atoms with E-state index in [1.165, 1.54) is 19.3 Å². The van der Waals surface area contributed by atoms with Crippen LogP contribution in [0.5, 0.6) is 0 Å². The summed E-state index contributed by atoms with van der Waals surface area (Å²) < 4.78 is 0. The molecular weight excluding hydrogens is 240 g/mol. The van der Waals surface area contributed by atoms with Crippen molar-refractivity contribution in [3.63, 3.8) is 0 Å². The standard InChI is InChI=1S/C15H20N2O2/c1-16-13(15-11-6-4-7-12(11)15)9-10-5-2-3-8-14(10)17(18)19/h2-3,5,8,11-13,15-16H,4,6-7,9H2,1H3. The van der Waals surface area contributed by atoms with Crippen molar-refractivity contribution in [2.45, 2.75) is 31.7 Å². The van der Waals surface area contributed by atoms with Crippen LogP contribution in [0.15, 0.2) is 24.3 Å². The lowest BCUT2D eigenvalue weighted by molar-refractivity contribution is -0.385. The number of nitro groups is 1. The fraction of sp³-hybridized carbons (Fsp3) is 0.600. The van der Waals surface area contributed by atoms with Crippen LogP contribution in [-0.2, 0) is 6.42 Å². The molecule has 0 aromatic heterocycles. The number of hydrogen-bond acceptors (Lipinski definition) is 3. The Morgan fingerprint density at radius 1 is 1.37 bits per heavy atom. The molecule has 19 heavy (non-hydrogen) atoms. The third-order valence-electron chi connectivity index (χ3n) is 4.94. The molecule has 0 aliphatic heterocycles. The minimum Gasteiger partial charge on any atom is -0.316 e. The Hall–Kier alpha value is -1.42. The van der Waals surface area contributed by atoms with Gasteiger partial charge in [-0.2, -0.15) is 0 Å². The van der Waals surface area contributed by atoms with E-state index >= 15 is 0 Å². The lowest BCUT2D eigenvalue weighted by Gasteiger charge is -2.18. The second-order valence-electron chi connectivity index (χ2n) is 5.82. The number of rotatable bonds is 5. The number of nitrogens with one attached hydrogen (secondary N) is 1. The summed E-state index contributed by atoms with van der Waals surface area (Å²) in [6, 6.07) is 7.51. The number of hydrogen-bond donors (Lipinski definition) is 1. The van der Waals surface area contributed by atoms with E-state index in [0.717, 1.165) is 29.7 Å². The van der Waals surface area contributed by atoms with E-state index in [2.05, 4.69) is 5.32 Å². The first-order chi connectivity index (χ1) is 9.22. The molecule has 0 amide bonds. The van der Waals surface area contributed by atoms with Gasteiger partial charge in [0.25, 0.3) is 5.69 Å². The maximum atomic E-state index is 11.1. The van der Waals surface area contributed by atoms with Crippen molar-refractivity contribution in [1.82, 2.24) is 5.32 Å². The first kappa shape index (κ1) is 12.6. The molecule has 0 saturated heterocycles. The molecule has 2 aliphatic carbocycles. The van der Waals surface area contributed by atoms with Crippen LogP contribution in [0.25, 0.3) is 0 Å². The second-order valence-corrected chi connectivity index (χ2v) is 5.82. The summed E-state index contributed by atoms with van der Waals surface area (Å²) in [4.78, 5) is 10.8. The van der Waals surface area contributed by atoms with Crippen molar-refractivity contribution in [2.75, 3.05) is 7.05 Å². The molecule has 3 atom stereocenters. The molecule has 1 aromatic carbocycles. The summed E-state index contributed by atoms with van der Waals surface area (Å²) in [6.45, 7) is 0. The highest BCUT2D eigenvalue weighted by molar-refractivity contribution is 5.40. The van der Waals surface area contributed by atoms with Crippen molar-refractivity contribution in [3.8, 4) is 0 Å². The van der Waals surface area contributed by atoms with Crippen LogP contribution in [0, 0.1) is 27.9 Å². The highest BCUT2D eigenvalue weighted by Crippen LogP contribution is 2.59. The maximum Gasteiger partial charge on any atom is 0.272 e. The minimum absolute atomic E-state index is 0.258. The van der Waals surface area contributed by atoms with Gasteiger partial charge in [-0.15, -0.1) is 0 Å². The van der Waals surface area contributed by atoms with E-state index in [0.29, 0.717) is 6.04 Å². The van der Waals surface area contributed by atoms with Gasteiger partial charge < -0.3 is 5.32 Å². The third kappa shape index (κ3) is 2.25. The highest BCUT2D eigenvalue weighted by atomic mass is 16.6. The largest absolute Gasteiger partial charge is 0.316 e. The van der Waals surface area contributed by atoms with Gasteiger partial charge in [-0.3, -0.25) is 10.1 Å². The van der Waals surface area contributed by atoms with E-state index in [1.807, 2.05) is 19.2 Å². The monoisotopic (exact) mass is 260 g/mol. The summed E-state index contributed by atoms with van der Waals surface area (Å²) in [6.07, 6.45) is 4.84. The van der Waals surface area contributed by atoms with Gasteiger partial charge in [0.1, 0.15) is 0 Å². The van der Waals surface area contributed by atoms with Gasteiger partial charge >= 0.3 is 0 Å². The molecule has 3 unspecified atom stereocenters. The molecule has 0 heterocycles. The van der Waals surface area contributed by atoms with E-state index in [1.54, 1.807) is 12.1 Å². The van der Waals surface area contributed by atoms with E-state index < -0.39 is 0 Å². The molecule has 0 spiro atoms. The Kier molecular flexibility index (Phi) is 3.27. The average Bonchev–Trinajstić information content (AvgIpc) is 2.88. The fourth-order valence-electron chi connectivity index (χ4n) is 4.00. The average molecular weight is 260 g/mol. The van der Waals surface area contributed by atoms with E-state index in [-0.39, 0.29) is 10.6 Å². The lowest BCUT2D eigenvalue weighted by Crippen LogP contribution is -2.31. The van der Waals surface area contributed by atoms with Crippen LogP contribution in [0.3, 0.4) is 0 Å². The number of nitro benzene ring substituents is 1. The van der Waals surface area contributed by atoms with Gasteiger partial charge in [-0.05, 0) is 44.1 Å². The molecule has 0 bridgehead atoms. The minimum atomic E-state index is -0.268. The molecule has 102 valence electrons. The highest BCUT2D eigenvalue weighted by Gasteiger charge is 2.55. The zero-order valence-electron chi connectivity index (χ0n) is 11.2. The molecule has 4 nitrogen and oxygen atoms in total. The Morgan fingerprint density at radius 2 is 2.05 bits per heavy atom. The van der Waals surface area contributed by atoms with Crippen LogP contribution < -0.4 is 5.32 Å². The molecular formula is C15H20N2O2. The van der Waals surface area contributed by atoms with Gasteiger partial charge in [0, 0.05) is 17.7 Å². The van der Waals surface area contributed by atoms with E-state index in [4.69, 9.17) is 0 Å². The Morgan fingerprint density at radius 3 is 2.68 bits per heavy atom. The lowest BCUT2D eigenvalue weighted by atomic mass is 9.96. The fourth-order valence-corrected chi connectivity index (χ4v) is 4.00. The Bertz CT molecular complexity index is 479.